The zero-order valence-corrected chi connectivity index (χ0v) is 10.3. The lowest BCUT2D eigenvalue weighted by Gasteiger charge is -2.33. The van der Waals surface area contributed by atoms with E-state index in [-0.39, 0.29) is 12.1 Å². The molecule has 2 rings (SSSR count). The second-order valence-electron chi connectivity index (χ2n) is 4.41. The number of carbonyl (C=O) groups excluding carboxylic acids is 1. The average Bonchev–Trinajstić information content (AvgIpc) is 2.32. The SMILES string of the molecule is Cc1ccc(NC(=O)N2CCOCC2C)cc1. The minimum Gasteiger partial charge on any atom is -0.377 e. The van der Waals surface area contributed by atoms with E-state index in [9.17, 15) is 4.79 Å². The van der Waals surface area contributed by atoms with Gasteiger partial charge in [-0.05, 0) is 26.0 Å². The number of urea groups is 1. The summed E-state index contributed by atoms with van der Waals surface area (Å²) in [6.07, 6.45) is 0. The number of carbonyl (C=O) groups is 1. The number of amides is 2. The minimum absolute atomic E-state index is 0.0512. The number of hydrogen-bond donors (Lipinski definition) is 1. The van der Waals surface area contributed by atoms with Crippen LogP contribution in [0.3, 0.4) is 0 Å². The van der Waals surface area contributed by atoms with Gasteiger partial charge in [-0.1, -0.05) is 17.7 Å². The van der Waals surface area contributed by atoms with Crippen molar-refractivity contribution in [3.63, 3.8) is 0 Å². The second-order valence-corrected chi connectivity index (χ2v) is 4.41. The van der Waals surface area contributed by atoms with Crippen molar-refractivity contribution in [1.29, 1.82) is 0 Å². The third kappa shape index (κ3) is 2.97. The summed E-state index contributed by atoms with van der Waals surface area (Å²) in [4.78, 5) is 13.8. The molecule has 0 spiro atoms. The molecule has 1 atom stereocenters. The zero-order chi connectivity index (χ0) is 12.3. The smallest absolute Gasteiger partial charge is 0.322 e. The highest BCUT2D eigenvalue weighted by atomic mass is 16.5. The van der Waals surface area contributed by atoms with Crippen LogP contribution in [-0.2, 0) is 4.74 Å². The molecule has 4 nitrogen and oxygen atoms in total. The van der Waals surface area contributed by atoms with Gasteiger partial charge in [-0.15, -0.1) is 0 Å². The van der Waals surface area contributed by atoms with Crippen molar-refractivity contribution in [1.82, 2.24) is 4.90 Å². The van der Waals surface area contributed by atoms with Crippen LogP contribution in [0.25, 0.3) is 0 Å². The lowest BCUT2D eigenvalue weighted by atomic mass is 10.2. The Bertz CT molecular complexity index is 389. The van der Waals surface area contributed by atoms with Crippen LogP contribution in [-0.4, -0.2) is 36.7 Å². The average molecular weight is 234 g/mol. The van der Waals surface area contributed by atoms with Gasteiger partial charge in [-0.25, -0.2) is 4.79 Å². The van der Waals surface area contributed by atoms with Crippen LogP contribution in [0.1, 0.15) is 12.5 Å². The van der Waals surface area contributed by atoms with E-state index >= 15 is 0 Å². The minimum atomic E-state index is -0.0512. The summed E-state index contributed by atoms with van der Waals surface area (Å²) in [5, 5.41) is 2.90. The Balaban J connectivity index is 1.98. The van der Waals surface area contributed by atoms with E-state index < -0.39 is 0 Å². The van der Waals surface area contributed by atoms with Gasteiger partial charge in [-0.3, -0.25) is 0 Å². The molecule has 1 aromatic rings. The first-order valence-corrected chi connectivity index (χ1v) is 5.89. The van der Waals surface area contributed by atoms with Crippen LogP contribution in [0.2, 0.25) is 0 Å². The molecule has 1 heterocycles. The maximum absolute atomic E-state index is 12.0. The lowest BCUT2D eigenvalue weighted by Crippen LogP contribution is -2.48. The van der Waals surface area contributed by atoms with Gasteiger partial charge in [0.15, 0.2) is 0 Å². The predicted octanol–water partition coefficient (Wildman–Crippen LogP) is 2.25. The van der Waals surface area contributed by atoms with Crippen LogP contribution in [0.4, 0.5) is 10.5 Å². The van der Waals surface area contributed by atoms with Gasteiger partial charge in [0.25, 0.3) is 0 Å². The Kier molecular flexibility index (Phi) is 3.64. The fourth-order valence-electron chi connectivity index (χ4n) is 1.86. The third-order valence-corrected chi connectivity index (χ3v) is 2.93. The molecule has 0 aromatic heterocycles. The van der Waals surface area contributed by atoms with Gasteiger partial charge in [0.2, 0.25) is 0 Å². The predicted molar refractivity (Wildman–Crippen MR) is 67.2 cm³/mol. The molecule has 4 heteroatoms. The third-order valence-electron chi connectivity index (χ3n) is 2.93. The Morgan fingerprint density at radius 2 is 2.12 bits per heavy atom. The van der Waals surface area contributed by atoms with Crippen molar-refractivity contribution in [2.24, 2.45) is 0 Å². The number of benzene rings is 1. The number of nitrogens with zero attached hydrogens (tertiary/aromatic N) is 1. The Labute approximate surface area is 102 Å². The summed E-state index contributed by atoms with van der Waals surface area (Å²) in [7, 11) is 0. The van der Waals surface area contributed by atoms with Crippen LogP contribution >= 0.6 is 0 Å². The van der Waals surface area contributed by atoms with E-state index in [0.717, 1.165) is 5.69 Å². The van der Waals surface area contributed by atoms with Crippen molar-refractivity contribution in [3.8, 4) is 0 Å². The van der Waals surface area contributed by atoms with Crippen LogP contribution in [0, 0.1) is 6.92 Å². The molecular formula is C13H18N2O2. The number of ether oxygens (including phenoxy) is 1. The summed E-state index contributed by atoms with van der Waals surface area (Å²) in [5.74, 6) is 0. The van der Waals surface area contributed by atoms with Crippen LogP contribution in [0.5, 0.6) is 0 Å². The Morgan fingerprint density at radius 1 is 1.41 bits per heavy atom. The molecule has 1 unspecified atom stereocenters. The number of nitrogens with one attached hydrogen (secondary N) is 1. The summed E-state index contributed by atoms with van der Waals surface area (Å²) >= 11 is 0. The van der Waals surface area contributed by atoms with Gasteiger partial charge in [-0.2, -0.15) is 0 Å². The summed E-state index contributed by atoms with van der Waals surface area (Å²) < 4.78 is 5.31. The molecule has 1 fully saturated rings. The second kappa shape index (κ2) is 5.19. The molecule has 0 saturated carbocycles. The monoisotopic (exact) mass is 234 g/mol. The normalized spacial score (nSPS) is 20.1. The molecular weight excluding hydrogens is 216 g/mol. The maximum Gasteiger partial charge on any atom is 0.322 e. The summed E-state index contributed by atoms with van der Waals surface area (Å²) in [5.41, 5.74) is 2.02. The number of aryl methyl sites for hydroxylation is 1. The molecule has 92 valence electrons. The first kappa shape index (κ1) is 11.9. The lowest BCUT2D eigenvalue weighted by molar-refractivity contribution is 0.0222. The number of anilines is 1. The highest BCUT2D eigenvalue weighted by Crippen LogP contribution is 2.12. The van der Waals surface area contributed by atoms with Crippen molar-refractivity contribution in [2.75, 3.05) is 25.1 Å². The highest BCUT2D eigenvalue weighted by Gasteiger charge is 2.23. The molecule has 0 bridgehead atoms. The first-order chi connectivity index (χ1) is 8.16. The largest absolute Gasteiger partial charge is 0.377 e. The van der Waals surface area contributed by atoms with Crippen LogP contribution < -0.4 is 5.32 Å². The van der Waals surface area contributed by atoms with Gasteiger partial charge < -0.3 is 15.0 Å². The number of hydrogen-bond acceptors (Lipinski definition) is 2. The molecule has 0 aliphatic carbocycles. The van der Waals surface area contributed by atoms with E-state index in [1.807, 2.05) is 43.0 Å². The molecule has 1 aliphatic heterocycles. The van der Waals surface area contributed by atoms with Gasteiger partial charge in [0, 0.05) is 12.2 Å². The molecule has 1 N–H and O–H groups in total. The highest BCUT2D eigenvalue weighted by molar-refractivity contribution is 5.89. The summed E-state index contributed by atoms with van der Waals surface area (Å²) in [6, 6.07) is 7.88. The zero-order valence-electron chi connectivity index (χ0n) is 10.3. The quantitative estimate of drug-likeness (QED) is 0.809. The maximum atomic E-state index is 12.0. The topological polar surface area (TPSA) is 41.6 Å². The van der Waals surface area contributed by atoms with E-state index in [1.54, 1.807) is 0 Å². The summed E-state index contributed by atoms with van der Waals surface area (Å²) in [6.45, 7) is 5.90. The van der Waals surface area contributed by atoms with Gasteiger partial charge in [0.05, 0.1) is 19.3 Å². The molecule has 1 aliphatic rings. The van der Waals surface area contributed by atoms with Crippen molar-refractivity contribution < 1.29 is 9.53 Å². The molecule has 0 radical (unpaired) electrons. The van der Waals surface area contributed by atoms with E-state index in [1.165, 1.54) is 5.56 Å². The fraction of sp³-hybridized carbons (Fsp3) is 0.462. The van der Waals surface area contributed by atoms with Crippen molar-refractivity contribution in [2.45, 2.75) is 19.9 Å². The van der Waals surface area contributed by atoms with E-state index in [0.29, 0.717) is 19.8 Å². The van der Waals surface area contributed by atoms with E-state index in [2.05, 4.69) is 5.32 Å². The Morgan fingerprint density at radius 3 is 2.76 bits per heavy atom. The van der Waals surface area contributed by atoms with Crippen LogP contribution in [0.15, 0.2) is 24.3 Å². The van der Waals surface area contributed by atoms with Gasteiger partial charge in [0.1, 0.15) is 0 Å². The van der Waals surface area contributed by atoms with Crippen molar-refractivity contribution in [3.05, 3.63) is 29.8 Å². The number of morpholine rings is 1. The van der Waals surface area contributed by atoms with Crippen molar-refractivity contribution >= 4 is 11.7 Å². The molecule has 1 aromatic carbocycles. The van der Waals surface area contributed by atoms with Gasteiger partial charge >= 0.3 is 6.03 Å². The molecule has 2 amide bonds. The number of rotatable bonds is 1. The van der Waals surface area contributed by atoms with E-state index in [4.69, 9.17) is 4.74 Å². The fourth-order valence-corrected chi connectivity index (χ4v) is 1.86. The standard InChI is InChI=1S/C13H18N2O2/c1-10-3-5-12(6-4-10)14-13(16)15-7-8-17-9-11(15)2/h3-6,11H,7-9H2,1-2H3,(H,14,16). The first-order valence-electron chi connectivity index (χ1n) is 5.89. The molecule has 17 heavy (non-hydrogen) atoms. The Hall–Kier alpha value is -1.55. The molecule has 1 saturated heterocycles.